The molecule has 1 rings (SSSR count). The Morgan fingerprint density at radius 1 is 1.85 bits per heavy atom. The average Bonchev–Trinajstić information content (AvgIpc) is 2.57. The van der Waals surface area contributed by atoms with Gasteiger partial charge in [-0.05, 0) is 6.92 Å². The zero-order valence-electron chi connectivity index (χ0n) is 7.40. The van der Waals surface area contributed by atoms with Gasteiger partial charge in [-0.15, -0.1) is 0 Å². The molecule has 2 N–H and O–H groups in total. The Bertz CT molecular complexity index is 258. The average molecular weight is 184 g/mol. The highest BCUT2D eigenvalue weighted by molar-refractivity contribution is 5.75. The molecular weight excluding hydrogens is 172 g/mol. The number of rotatable bonds is 4. The molecule has 13 heavy (non-hydrogen) atoms. The first kappa shape index (κ1) is 9.73. The monoisotopic (exact) mass is 184 g/mol. The van der Waals surface area contributed by atoms with Crippen LogP contribution in [0.3, 0.4) is 0 Å². The third-order valence-electron chi connectivity index (χ3n) is 1.50. The van der Waals surface area contributed by atoms with Crippen LogP contribution in [0.2, 0.25) is 0 Å². The van der Waals surface area contributed by atoms with Gasteiger partial charge in [-0.2, -0.15) is 0 Å². The van der Waals surface area contributed by atoms with E-state index in [0.29, 0.717) is 18.8 Å². The Morgan fingerprint density at radius 3 is 3.15 bits per heavy atom. The van der Waals surface area contributed by atoms with Gasteiger partial charge in [-0.3, -0.25) is 4.79 Å². The minimum Gasteiger partial charge on any atom is -0.465 e. The summed E-state index contributed by atoms with van der Waals surface area (Å²) in [6.07, 6.45) is 1.83. The van der Waals surface area contributed by atoms with Gasteiger partial charge >= 0.3 is 5.97 Å². The van der Waals surface area contributed by atoms with Gasteiger partial charge in [0, 0.05) is 12.5 Å². The fourth-order valence-electron chi connectivity index (χ4n) is 0.897. The lowest BCUT2D eigenvalue weighted by Gasteiger charge is -2.07. The maximum Gasteiger partial charge on any atom is 0.323 e. The van der Waals surface area contributed by atoms with Crippen molar-refractivity contribution in [2.24, 2.45) is 5.73 Å². The quantitative estimate of drug-likeness (QED) is 0.672. The Balaban J connectivity index is 2.41. The van der Waals surface area contributed by atoms with Gasteiger partial charge in [0.1, 0.15) is 11.8 Å². The molecule has 0 bridgehead atoms. The lowest BCUT2D eigenvalue weighted by molar-refractivity contribution is -0.144. The molecule has 0 aliphatic heterocycles. The zero-order chi connectivity index (χ0) is 9.68. The molecule has 0 fully saturated rings. The molecule has 5 heteroatoms. The van der Waals surface area contributed by atoms with Crippen molar-refractivity contribution in [1.82, 2.24) is 5.16 Å². The number of hydrogen-bond donors (Lipinski definition) is 1. The van der Waals surface area contributed by atoms with Crippen molar-refractivity contribution in [1.29, 1.82) is 0 Å². The summed E-state index contributed by atoms with van der Waals surface area (Å²) in [6, 6.07) is 0.993. The summed E-state index contributed by atoms with van der Waals surface area (Å²) in [4.78, 5) is 11.1. The zero-order valence-corrected chi connectivity index (χ0v) is 7.40. The van der Waals surface area contributed by atoms with Crippen molar-refractivity contribution >= 4 is 5.97 Å². The summed E-state index contributed by atoms with van der Waals surface area (Å²) in [5, 5.41) is 3.50. The highest BCUT2D eigenvalue weighted by Crippen LogP contribution is 2.01. The highest BCUT2D eigenvalue weighted by atomic mass is 16.5. The molecule has 0 aliphatic rings. The van der Waals surface area contributed by atoms with Gasteiger partial charge in [0.05, 0.1) is 12.8 Å². The molecule has 1 heterocycles. The first-order valence-corrected chi connectivity index (χ1v) is 4.05. The first-order chi connectivity index (χ1) is 6.24. The van der Waals surface area contributed by atoms with Crippen LogP contribution >= 0.6 is 0 Å². The maximum atomic E-state index is 11.1. The smallest absolute Gasteiger partial charge is 0.323 e. The van der Waals surface area contributed by atoms with E-state index in [1.54, 1.807) is 13.0 Å². The molecule has 1 aromatic heterocycles. The third kappa shape index (κ3) is 2.87. The SMILES string of the molecule is CCOC(=O)C(N)Cc1ccno1. The number of hydrogen-bond acceptors (Lipinski definition) is 5. The molecule has 0 saturated carbocycles. The van der Waals surface area contributed by atoms with E-state index < -0.39 is 12.0 Å². The van der Waals surface area contributed by atoms with Crippen molar-refractivity contribution in [2.45, 2.75) is 19.4 Å². The van der Waals surface area contributed by atoms with Crippen LogP contribution in [0, 0.1) is 0 Å². The second-order valence-electron chi connectivity index (χ2n) is 2.54. The largest absolute Gasteiger partial charge is 0.465 e. The Kier molecular flexibility index (Phi) is 3.45. The van der Waals surface area contributed by atoms with Crippen LogP contribution < -0.4 is 5.73 Å². The normalized spacial score (nSPS) is 12.5. The Labute approximate surface area is 75.8 Å². The van der Waals surface area contributed by atoms with Crippen molar-refractivity contribution in [2.75, 3.05) is 6.61 Å². The molecule has 0 saturated heterocycles. The number of aromatic nitrogens is 1. The van der Waals surface area contributed by atoms with Crippen LogP contribution in [0.15, 0.2) is 16.8 Å². The molecule has 1 aromatic rings. The fourth-order valence-corrected chi connectivity index (χ4v) is 0.897. The summed E-state index contributed by atoms with van der Waals surface area (Å²) in [7, 11) is 0. The molecular formula is C8H12N2O3. The predicted molar refractivity (Wildman–Crippen MR) is 44.8 cm³/mol. The fraction of sp³-hybridized carbons (Fsp3) is 0.500. The maximum absolute atomic E-state index is 11.1. The van der Waals surface area contributed by atoms with Crippen LogP contribution in [0.4, 0.5) is 0 Å². The minimum absolute atomic E-state index is 0.318. The molecule has 0 aliphatic carbocycles. The summed E-state index contributed by atoms with van der Waals surface area (Å²) >= 11 is 0. The highest BCUT2D eigenvalue weighted by Gasteiger charge is 2.16. The van der Waals surface area contributed by atoms with E-state index in [-0.39, 0.29) is 0 Å². The summed E-state index contributed by atoms with van der Waals surface area (Å²) in [5.74, 6) is 0.166. The van der Waals surface area contributed by atoms with E-state index in [1.807, 2.05) is 0 Å². The number of esters is 1. The molecule has 72 valence electrons. The number of nitrogens with zero attached hydrogens (tertiary/aromatic N) is 1. The van der Waals surface area contributed by atoms with Gasteiger partial charge in [-0.1, -0.05) is 5.16 Å². The van der Waals surface area contributed by atoms with E-state index in [2.05, 4.69) is 5.16 Å². The van der Waals surface area contributed by atoms with Crippen LogP contribution in [0.25, 0.3) is 0 Å². The lowest BCUT2D eigenvalue weighted by Crippen LogP contribution is -2.34. The van der Waals surface area contributed by atoms with E-state index in [9.17, 15) is 4.79 Å². The predicted octanol–water partition coefficient (Wildman–Crippen LogP) is 0.107. The van der Waals surface area contributed by atoms with Gasteiger partial charge in [0.15, 0.2) is 0 Å². The van der Waals surface area contributed by atoms with E-state index in [1.165, 1.54) is 6.20 Å². The van der Waals surface area contributed by atoms with E-state index >= 15 is 0 Å². The van der Waals surface area contributed by atoms with Crippen molar-refractivity contribution in [3.05, 3.63) is 18.0 Å². The number of ether oxygens (including phenoxy) is 1. The number of carbonyl (C=O) groups is 1. The second-order valence-corrected chi connectivity index (χ2v) is 2.54. The standard InChI is InChI=1S/C8H12N2O3/c1-2-12-8(11)7(9)5-6-3-4-10-13-6/h3-4,7H,2,5,9H2,1H3. The molecule has 0 spiro atoms. The lowest BCUT2D eigenvalue weighted by atomic mass is 10.2. The van der Waals surface area contributed by atoms with E-state index in [0.717, 1.165) is 0 Å². The van der Waals surface area contributed by atoms with Crippen molar-refractivity contribution in [3.8, 4) is 0 Å². The van der Waals surface area contributed by atoms with Crippen LogP contribution in [0.5, 0.6) is 0 Å². The molecule has 0 aromatic carbocycles. The first-order valence-electron chi connectivity index (χ1n) is 4.05. The molecule has 5 nitrogen and oxygen atoms in total. The van der Waals surface area contributed by atoms with Crippen LogP contribution in [-0.4, -0.2) is 23.8 Å². The molecule has 0 radical (unpaired) electrons. The van der Waals surface area contributed by atoms with Crippen LogP contribution in [-0.2, 0) is 16.0 Å². The summed E-state index contributed by atoms with van der Waals surface area (Å²) < 4.78 is 9.52. The van der Waals surface area contributed by atoms with E-state index in [4.69, 9.17) is 15.0 Å². The molecule has 1 unspecified atom stereocenters. The Hall–Kier alpha value is -1.36. The van der Waals surface area contributed by atoms with Crippen molar-refractivity contribution in [3.63, 3.8) is 0 Å². The summed E-state index contributed by atoms with van der Waals surface area (Å²) in [6.45, 7) is 2.07. The van der Waals surface area contributed by atoms with Gasteiger partial charge in [0.2, 0.25) is 0 Å². The minimum atomic E-state index is -0.673. The van der Waals surface area contributed by atoms with Gasteiger partial charge in [0.25, 0.3) is 0 Å². The van der Waals surface area contributed by atoms with Crippen molar-refractivity contribution < 1.29 is 14.1 Å². The van der Waals surface area contributed by atoms with Crippen LogP contribution in [0.1, 0.15) is 12.7 Å². The summed E-state index contributed by atoms with van der Waals surface area (Å²) in [5.41, 5.74) is 5.53. The third-order valence-corrected chi connectivity index (χ3v) is 1.50. The van der Waals surface area contributed by atoms with Gasteiger partial charge < -0.3 is 15.0 Å². The topological polar surface area (TPSA) is 78.4 Å². The number of carbonyl (C=O) groups excluding carboxylic acids is 1. The molecule has 0 amide bonds. The Morgan fingerprint density at radius 2 is 2.62 bits per heavy atom. The van der Waals surface area contributed by atoms with Gasteiger partial charge in [-0.25, -0.2) is 0 Å². The molecule has 1 atom stereocenters. The number of nitrogens with two attached hydrogens (primary N) is 1. The second kappa shape index (κ2) is 4.61.